The summed E-state index contributed by atoms with van der Waals surface area (Å²) in [4.78, 5) is 17.0. The van der Waals surface area contributed by atoms with Gasteiger partial charge in [0, 0.05) is 22.9 Å². The number of carbonyl (C=O) groups is 1. The van der Waals surface area contributed by atoms with E-state index < -0.39 is 0 Å². The molecule has 3 aromatic carbocycles. The fraction of sp³-hybridized carbons (Fsp3) is 0.0370. The number of amides is 1. The zero-order valence-corrected chi connectivity index (χ0v) is 21.0. The van der Waals surface area contributed by atoms with Crippen molar-refractivity contribution in [1.29, 1.82) is 0 Å². The standard InChI is InChI=1S/C27H17Cl3N2O4/c1-34-23-9-5-15(13-20(23)29)27-32-21-14-16(6-10-24(21)36-27)31-25(33)12-8-17-7-11-22(35-17)18-3-2-4-19(28)26(18)30/h2-14H,1H3,(H,31,33)/b12-8+. The van der Waals surface area contributed by atoms with Gasteiger partial charge in [0.25, 0.3) is 0 Å². The minimum atomic E-state index is -0.334. The second-order valence-electron chi connectivity index (χ2n) is 7.68. The molecule has 9 heteroatoms. The normalized spacial score (nSPS) is 11.3. The number of benzene rings is 3. The van der Waals surface area contributed by atoms with Crippen LogP contribution < -0.4 is 10.1 Å². The maximum absolute atomic E-state index is 12.5. The number of rotatable bonds is 6. The fourth-order valence-corrected chi connectivity index (χ4v) is 4.20. The zero-order valence-electron chi connectivity index (χ0n) is 18.7. The first-order valence-corrected chi connectivity index (χ1v) is 11.8. The van der Waals surface area contributed by atoms with Crippen molar-refractivity contribution in [1.82, 2.24) is 4.98 Å². The molecule has 2 heterocycles. The Hall–Kier alpha value is -3.71. The average molecular weight is 540 g/mol. The highest BCUT2D eigenvalue weighted by Gasteiger charge is 2.13. The van der Waals surface area contributed by atoms with Crippen molar-refractivity contribution in [2.45, 2.75) is 0 Å². The van der Waals surface area contributed by atoms with Gasteiger partial charge in [0.2, 0.25) is 11.8 Å². The molecule has 0 spiro atoms. The molecule has 5 aromatic rings. The molecule has 0 fully saturated rings. The molecule has 0 bridgehead atoms. The number of hydrogen-bond donors (Lipinski definition) is 1. The van der Waals surface area contributed by atoms with Crippen molar-refractivity contribution in [3.63, 3.8) is 0 Å². The lowest BCUT2D eigenvalue weighted by Gasteiger charge is -2.03. The van der Waals surface area contributed by atoms with Crippen LogP contribution in [0.4, 0.5) is 5.69 Å². The Balaban J connectivity index is 1.29. The molecule has 0 aliphatic carbocycles. The fourth-order valence-electron chi connectivity index (χ4n) is 3.55. The van der Waals surface area contributed by atoms with Crippen LogP contribution in [0, 0.1) is 0 Å². The highest BCUT2D eigenvalue weighted by Crippen LogP contribution is 2.35. The molecule has 0 saturated carbocycles. The molecule has 1 N–H and O–H groups in total. The Morgan fingerprint density at radius 2 is 1.83 bits per heavy atom. The number of hydrogen-bond acceptors (Lipinski definition) is 5. The Kier molecular flexibility index (Phi) is 6.74. The molecule has 0 radical (unpaired) electrons. The van der Waals surface area contributed by atoms with E-state index in [1.54, 1.807) is 67.8 Å². The number of anilines is 1. The van der Waals surface area contributed by atoms with Gasteiger partial charge in [0.05, 0.1) is 22.2 Å². The number of aromatic nitrogens is 1. The van der Waals surface area contributed by atoms with Gasteiger partial charge in [-0.1, -0.05) is 40.9 Å². The second-order valence-corrected chi connectivity index (χ2v) is 8.87. The number of methoxy groups -OCH3 is 1. The molecule has 1 amide bonds. The molecule has 36 heavy (non-hydrogen) atoms. The van der Waals surface area contributed by atoms with Crippen LogP contribution in [-0.2, 0) is 4.79 Å². The van der Waals surface area contributed by atoms with E-state index in [-0.39, 0.29) is 5.91 Å². The van der Waals surface area contributed by atoms with Gasteiger partial charge >= 0.3 is 0 Å². The SMILES string of the molecule is COc1ccc(-c2nc3cc(NC(=O)/C=C/c4ccc(-c5cccc(Cl)c5Cl)o4)ccc3o2)cc1Cl. The first-order chi connectivity index (χ1) is 17.4. The Labute approximate surface area is 221 Å². The van der Waals surface area contributed by atoms with E-state index in [1.165, 1.54) is 6.08 Å². The molecule has 6 nitrogen and oxygen atoms in total. The van der Waals surface area contributed by atoms with E-state index in [1.807, 2.05) is 12.1 Å². The van der Waals surface area contributed by atoms with Crippen molar-refractivity contribution >= 4 is 63.6 Å². The van der Waals surface area contributed by atoms with E-state index in [9.17, 15) is 4.79 Å². The van der Waals surface area contributed by atoms with Crippen LogP contribution in [0.25, 0.3) is 40.0 Å². The van der Waals surface area contributed by atoms with Crippen molar-refractivity contribution in [2.24, 2.45) is 0 Å². The summed E-state index contributed by atoms with van der Waals surface area (Å²) in [5, 5.41) is 4.10. The molecule has 180 valence electrons. The lowest BCUT2D eigenvalue weighted by Crippen LogP contribution is -2.07. The zero-order chi connectivity index (χ0) is 25.2. The monoisotopic (exact) mass is 538 g/mol. The van der Waals surface area contributed by atoms with Gasteiger partial charge in [-0.25, -0.2) is 4.98 Å². The van der Waals surface area contributed by atoms with Crippen LogP contribution in [-0.4, -0.2) is 18.0 Å². The van der Waals surface area contributed by atoms with Gasteiger partial charge in [-0.15, -0.1) is 0 Å². The first kappa shape index (κ1) is 24.0. The summed E-state index contributed by atoms with van der Waals surface area (Å²) in [6.45, 7) is 0. The molecule has 0 unspecified atom stereocenters. The Morgan fingerprint density at radius 1 is 0.972 bits per heavy atom. The maximum atomic E-state index is 12.5. The molecule has 0 atom stereocenters. The number of carbonyl (C=O) groups excluding carboxylic acids is 1. The second kappa shape index (κ2) is 10.1. The lowest BCUT2D eigenvalue weighted by atomic mass is 10.2. The van der Waals surface area contributed by atoms with Gasteiger partial charge < -0.3 is 18.9 Å². The summed E-state index contributed by atoms with van der Waals surface area (Å²) in [5.41, 5.74) is 3.12. The number of nitrogens with one attached hydrogen (secondary N) is 1. The molecule has 0 aliphatic rings. The van der Waals surface area contributed by atoms with Crippen LogP contribution in [0.5, 0.6) is 5.75 Å². The summed E-state index contributed by atoms with van der Waals surface area (Å²) in [5.74, 6) is 1.68. The predicted molar refractivity (Wildman–Crippen MR) is 143 cm³/mol. The lowest BCUT2D eigenvalue weighted by molar-refractivity contribution is -0.111. The van der Waals surface area contributed by atoms with Crippen molar-refractivity contribution < 1.29 is 18.4 Å². The quantitative estimate of drug-likeness (QED) is 0.219. The van der Waals surface area contributed by atoms with Gasteiger partial charge in [-0.3, -0.25) is 4.79 Å². The Bertz CT molecular complexity index is 1620. The van der Waals surface area contributed by atoms with Crippen molar-refractivity contribution in [3.05, 3.63) is 93.6 Å². The van der Waals surface area contributed by atoms with Crippen LogP contribution in [0.3, 0.4) is 0 Å². The molecular formula is C27H17Cl3N2O4. The van der Waals surface area contributed by atoms with Gasteiger partial charge in [-0.05, 0) is 66.7 Å². The summed E-state index contributed by atoms with van der Waals surface area (Å²) >= 11 is 18.5. The number of nitrogens with zero attached hydrogens (tertiary/aromatic N) is 1. The summed E-state index contributed by atoms with van der Waals surface area (Å²) < 4.78 is 16.8. The predicted octanol–water partition coefficient (Wildman–Crippen LogP) is 8.38. The summed E-state index contributed by atoms with van der Waals surface area (Å²) in [7, 11) is 1.55. The third kappa shape index (κ3) is 4.97. The summed E-state index contributed by atoms with van der Waals surface area (Å²) in [6.07, 6.45) is 2.94. The number of furan rings is 1. The van der Waals surface area contributed by atoms with E-state index >= 15 is 0 Å². The largest absolute Gasteiger partial charge is 0.495 e. The topological polar surface area (TPSA) is 77.5 Å². The minimum absolute atomic E-state index is 0.334. The highest BCUT2D eigenvalue weighted by atomic mass is 35.5. The molecule has 0 saturated heterocycles. The highest BCUT2D eigenvalue weighted by molar-refractivity contribution is 6.43. The van der Waals surface area contributed by atoms with Crippen LogP contribution in [0.1, 0.15) is 5.76 Å². The van der Waals surface area contributed by atoms with Crippen LogP contribution >= 0.6 is 34.8 Å². The molecule has 0 aliphatic heterocycles. The van der Waals surface area contributed by atoms with Crippen molar-refractivity contribution in [3.8, 4) is 28.5 Å². The smallest absolute Gasteiger partial charge is 0.248 e. The minimum Gasteiger partial charge on any atom is -0.495 e. The van der Waals surface area contributed by atoms with Crippen molar-refractivity contribution in [2.75, 3.05) is 12.4 Å². The van der Waals surface area contributed by atoms with E-state index in [0.717, 1.165) is 0 Å². The van der Waals surface area contributed by atoms with E-state index in [2.05, 4.69) is 10.3 Å². The number of fused-ring (bicyclic) bond motifs is 1. The molecule has 5 rings (SSSR count). The molecular weight excluding hydrogens is 523 g/mol. The van der Waals surface area contributed by atoms with Crippen LogP contribution in [0.2, 0.25) is 15.1 Å². The Morgan fingerprint density at radius 3 is 2.64 bits per heavy atom. The maximum Gasteiger partial charge on any atom is 0.248 e. The van der Waals surface area contributed by atoms with Gasteiger partial charge in [0.15, 0.2) is 5.58 Å². The van der Waals surface area contributed by atoms with Crippen LogP contribution in [0.15, 0.2) is 81.6 Å². The first-order valence-electron chi connectivity index (χ1n) is 10.7. The van der Waals surface area contributed by atoms with E-state index in [0.29, 0.717) is 66.1 Å². The molecule has 2 aromatic heterocycles. The van der Waals surface area contributed by atoms with Gasteiger partial charge in [0.1, 0.15) is 22.8 Å². The van der Waals surface area contributed by atoms with Gasteiger partial charge in [-0.2, -0.15) is 0 Å². The number of halogens is 3. The number of oxazole rings is 1. The summed E-state index contributed by atoms with van der Waals surface area (Å²) in [6, 6.07) is 19.3. The third-order valence-corrected chi connectivity index (χ3v) is 6.41. The third-order valence-electron chi connectivity index (χ3n) is 5.30. The average Bonchev–Trinajstić information content (AvgIpc) is 3.51. The number of ether oxygens (including phenoxy) is 1. The van der Waals surface area contributed by atoms with E-state index in [4.69, 9.17) is 48.4 Å².